The highest BCUT2D eigenvalue weighted by Gasteiger charge is 2.36. The van der Waals surface area contributed by atoms with Gasteiger partial charge in [0, 0.05) is 0 Å². The van der Waals surface area contributed by atoms with Gasteiger partial charge in [0.25, 0.3) is 0 Å². The maximum Gasteiger partial charge on any atom is 0.214 e. The van der Waals surface area contributed by atoms with Crippen LogP contribution in [0.5, 0.6) is 0 Å². The van der Waals surface area contributed by atoms with Crippen LogP contribution in [0.1, 0.15) is 19.8 Å². The van der Waals surface area contributed by atoms with Crippen LogP contribution in [0.3, 0.4) is 0 Å². The molecule has 4 heteroatoms. The Morgan fingerprint density at radius 3 is 2.10 bits per heavy atom. The molecule has 0 bridgehead atoms. The monoisotopic (exact) mass is 163 g/mol. The highest BCUT2D eigenvalue weighted by atomic mass is 32.2. The van der Waals surface area contributed by atoms with Crippen molar-refractivity contribution < 1.29 is 8.42 Å². The van der Waals surface area contributed by atoms with Crippen LogP contribution in [-0.4, -0.2) is 20.7 Å². The summed E-state index contributed by atoms with van der Waals surface area (Å²) in [7, 11) is -1.49. The van der Waals surface area contributed by atoms with Crippen LogP contribution in [0.2, 0.25) is 0 Å². The van der Waals surface area contributed by atoms with Gasteiger partial charge in [0.15, 0.2) is 0 Å². The zero-order valence-electron chi connectivity index (χ0n) is 6.29. The maximum absolute atomic E-state index is 11.1. The number of rotatable bonds is 2. The SMILES string of the molecule is CNS(=O)(=O)C1CCC1C. The van der Waals surface area contributed by atoms with E-state index < -0.39 is 10.0 Å². The molecule has 0 heterocycles. The molecule has 1 aliphatic rings. The van der Waals surface area contributed by atoms with Gasteiger partial charge in [0.2, 0.25) is 10.0 Å². The summed E-state index contributed by atoms with van der Waals surface area (Å²) in [5.74, 6) is 0.345. The summed E-state index contributed by atoms with van der Waals surface area (Å²) in [6.45, 7) is 1.98. The van der Waals surface area contributed by atoms with Crippen LogP contribution >= 0.6 is 0 Å². The first-order chi connectivity index (χ1) is 4.58. The van der Waals surface area contributed by atoms with Crippen molar-refractivity contribution in [1.29, 1.82) is 0 Å². The molecule has 10 heavy (non-hydrogen) atoms. The van der Waals surface area contributed by atoms with Gasteiger partial charge in [-0.15, -0.1) is 0 Å². The molecule has 0 aliphatic heterocycles. The van der Waals surface area contributed by atoms with Crippen molar-refractivity contribution in [3.63, 3.8) is 0 Å². The number of sulfonamides is 1. The normalized spacial score (nSPS) is 33.4. The third-order valence-electron chi connectivity index (χ3n) is 2.22. The first-order valence-electron chi connectivity index (χ1n) is 3.50. The second kappa shape index (κ2) is 2.51. The van der Waals surface area contributed by atoms with Crippen LogP contribution in [0.25, 0.3) is 0 Å². The second-order valence-electron chi connectivity index (χ2n) is 2.84. The van der Waals surface area contributed by atoms with E-state index in [2.05, 4.69) is 4.72 Å². The molecular weight excluding hydrogens is 150 g/mol. The van der Waals surface area contributed by atoms with Gasteiger partial charge in [0.1, 0.15) is 0 Å². The average Bonchev–Trinajstić information content (AvgIpc) is 1.84. The first kappa shape index (κ1) is 8.01. The van der Waals surface area contributed by atoms with Gasteiger partial charge in [0.05, 0.1) is 5.25 Å². The summed E-state index contributed by atoms with van der Waals surface area (Å²) < 4.78 is 24.5. The predicted molar refractivity (Wildman–Crippen MR) is 40.2 cm³/mol. The van der Waals surface area contributed by atoms with Crippen molar-refractivity contribution >= 4 is 10.0 Å². The van der Waals surface area contributed by atoms with Crippen molar-refractivity contribution in [2.24, 2.45) is 5.92 Å². The number of hydrogen-bond acceptors (Lipinski definition) is 2. The van der Waals surface area contributed by atoms with E-state index in [1.165, 1.54) is 7.05 Å². The van der Waals surface area contributed by atoms with Crippen LogP contribution in [0.4, 0.5) is 0 Å². The molecule has 0 aromatic heterocycles. The van der Waals surface area contributed by atoms with E-state index in [1.54, 1.807) is 0 Å². The minimum absolute atomic E-state index is 0.127. The lowest BCUT2D eigenvalue weighted by molar-refractivity contribution is 0.342. The zero-order valence-corrected chi connectivity index (χ0v) is 7.11. The smallest absolute Gasteiger partial charge is 0.214 e. The molecule has 1 aliphatic carbocycles. The molecule has 3 nitrogen and oxygen atoms in total. The summed E-state index contributed by atoms with van der Waals surface area (Å²) in [5, 5.41) is -0.127. The van der Waals surface area contributed by atoms with Crippen LogP contribution in [-0.2, 0) is 10.0 Å². The molecule has 1 saturated carbocycles. The maximum atomic E-state index is 11.1. The van der Waals surface area contributed by atoms with E-state index in [1.807, 2.05) is 6.92 Å². The Bertz CT molecular complexity index is 210. The fraction of sp³-hybridized carbons (Fsp3) is 1.00. The summed E-state index contributed by atoms with van der Waals surface area (Å²) in [4.78, 5) is 0. The Hall–Kier alpha value is -0.0900. The minimum atomic E-state index is -2.96. The molecule has 0 aromatic rings. The third kappa shape index (κ3) is 1.18. The molecule has 60 valence electrons. The molecule has 0 saturated heterocycles. The van der Waals surface area contributed by atoms with Gasteiger partial charge in [-0.05, 0) is 25.8 Å². The highest BCUT2D eigenvalue weighted by molar-refractivity contribution is 7.90. The van der Waals surface area contributed by atoms with Gasteiger partial charge < -0.3 is 0 Å². The lowest BCUT2D eigenvalue weighted by Gasteiger charge is -2.32. The Morgan fingerprint density at radius 2 is 2.00 bits per heavy atom. The molecule has 0 spiro atoms. The second-order valence-corrected chi connectivity index (χ2v) is 4.95. The van der Waals surface area contributed by atoms with Crippen LogP contribution in [0, 0.1) is 5.92 Å². The Morgan fingerprint density at radius 1 is 1.40 bits per heavy atom. The molecule has 1 rings (SSSR count). The summed E-state index contributed by atoms with van der Waals surface area (Å²) in [6, 6.07) is 0. The summed E-state index contributed by atoms with van der Waals surface area (Å²) in [5.41, 5.74) is 0. The third-order valence-corrected chi connectivity index (χ3v) is 4.29. The van der Waals surface area contributed by atoms with Gasteiger partial charge in [-0.2, -0.15) is 0 Å². The van der Waals surface area contributed by atoms with Crippen molar-refractivity contribution in [3.05, 3.63) is 0 Å². The molecule has 2 unspecified atom stereocenters. The molecule has 1 N–H and O–H groups in total. The average molecular weight is 163 g/mol. The molecular formula is C6H13NO2S. The standard InChI is InChI=1S/C6H13NO2S/c1-5-3-4-6(5)10(8,9)7-2/h5-7H,3-4H2,1-2H3. The Balaban J connectivity index is 2.66. The zero-order chi connectivity index (χ0) is 7.78. The Kier molecular flexibility index (Phi) is 2.01. The van der Waals surface area contributed by atoms with Crippen molar-refractivity contribution in [2.75, 3.05) is 7.05 Å². The van der Waals surface area contributed by atoms with Crippen molar-refractivity contribution in [3.8, 4) is 0 Å². The van der Waals surface area contributed by atoms with Gasteiger partial charge in [-0.25, -0.2) is 13.1 Å². The van der Waals surface area contributed by atoms with E-state index in [-0.39, 0.29) is 5.25 Å². The van der Waals surface area contributed by atoms with E-state index in [4.69, 9.17) is 0 Å². The fourth-order valence-corrected chi connectivity index (χ4v) is 2.75. The quantitative estimate of drug-likeness (QED) is 0.638. The first-order valence-corrected chi connectivity index (χ1v) is 5.05. The van der Waals surface area contributed by atoms with Crippen molar-refractivity contribution in [2.45, 2.75) is 25.0 Å². The molecule has 1 fully saturated rings. The molecule has 0 aromatic carbocycles. The van der Waals surface area contributed by atoms with Gasteiger partial charge in [-0.1, -0.05) is 6.92 Å². The van der Waals surface area contributed by atoms with Gasteiger partial charge >= 0.3 is 0 Å². The van der Waals surface area contributed by atoms with Crippen LogP contribution in [0.15, 0.2) is 0 Å². The number of hydrogen-bond donors (Lipinski definition) is 1. The van der Waals surface area contributed by atoms with E-state index >= 15 is 0 Å². The fourth-order valence-electron chi connectivity index (χ4n) is 1.25. The van der Waals surface area contributed by atoms with E-state index in [0.717, 1.165) is 12.8 Å². The highest BCUT2D eigenvalue weighted by Crippen LogP contribution is 2.31. The molecule has 0 radical (unpaired) electrons. The lowest BCUT2D eigenvalue weighted by atomic mass is 9.87. The molecule has 2 atom stereocenters. The van der Waals surface area contributed by atoms with Crippen LogP contribution < -0.4 is 4.72 Å². The van der Waals surface area contributed by atoms with E-state index in [0.29, 0.717) is 5.92 Å². The Labute approximate surface area is 61.9 Å². The molecule has 0 amide bonds. The minimum Gasteiger partial charge on any atom is -0.218 e. The summed E-state index contributed by atoms with van der Waals surface area (Å²) in [6.07, 6.45) is 1.87. The topological polar surface area (TPSA) is 46.2 Å². The summed E-state index contributed by atoms with van der Waals surface area (Å²) >= 11 is 0. The number of nitrogens with one attached hydrogen (secondary N) is 1. The van der Waals surface area contributed by atoms with Gasteiger partial charge in [-0.3, -0.25) is 0 Å². The largest absolute Gasteiger partial charge is 0.218 e. The lowest BCUT2D eigenvalue weighted by Crippen LogP contribution is -2.42. The predicted octanol–water partition coefficient (Wildman–Crippen LogP) is 0.334. The van der Waals surface area contributed by atoms with Crippen molar-refractivity contribution in [1.82, 2.24) is 4.72 Å². The van der Waals surface area contributed by atoms with E-state index in [9.17, 15) is 8.42 Å².